The van der Waals surface area contributed by atoms with Crippen molar-refractivity contribution < 1.29 is 4.79 Å². The van der Waals surface area contributed by atoms with Crippen LogP contribution in [0.1, 0.15) is 18.1 Å². The van der Waals surface area contributed by atoms with Gasteiger partial charge in [0.1, 0.15) is 0 Å². The molecule has 5 nitrogen and oxygen atoms in total. The van der Waals surface area contributed by atoms with Crippen molar-refractivity contribution in [1.82, 2.24) is 20.1 Å². The Labute approximate surface area is 171 Å². The molecule has 0 fully saturated rings. The zero-order chi connectivity index (χ0) is 19.4. The fourth-order valence-corrected chi connectivity index (χ4v) is 3.89. The first-order valence-electron chi connectivity index (χ1n) is 8.67. The van der Waals surface area contributed by atoms with Crippen LogP contribution in [0.4, 0.5) is 0 Å². The third-order valence-corrected chi connectivity index (χ3v) is 5.36. The third kappa shape index (κ3) is 4.78. The fraction of sp³-hybridized carbons (Fsp3) is 0.250. The standard InChI is InChI=1S/C20H21BrN4OS/c1-4-22-18(26)12-27-20-24-23-19(15-5-7-16(21)8-6-15)25(20)17-10-13(2)9-14(3)11-17/h5-11H,4,12H2,1-3H3,(H,22,26). The van der Waals surface area contributed by atoms with Crippen molar-refractivity contribution in [3.05, 3.63) is 58.1 Å². The molecule has 0 atom stereocenters. The van der Waals surface area contributed by atoms with E-state index in [1.165, 1.54) is 22.9 Å². The number of nitrogens with zero attached hydrogens (tertiary/aromatic N) is 3. The SMILES string of the molecule is CCNC(=O)CSc1nnc(-c2ccc(Br)cc2)n1-c1cc(C)cc(C)c1. The Morgan fingerprint density at radius 3 is 2.41 bits per heavy atom. The average Bonchev–Trinajstić information content (AvgIpc) is 3.04. The number of amides is 1. The summed E-state index contributed by atoms with van der Waals surface area (Å²) in [6.07, 6.45) is 0. The quantitative estimate of drug-likeness (QED) is 0.566. The largest absolute Gasteiger partial charge is 0.356 e. The average molecular weight is 445 g/mol. The summed E-state index contributed by atoms with van der Waals surface area (Å²) >= 11 is 4.86. The highest BCUT2D eigenvalue weighted by atomic mass is 79.9. The van der Waals surface area contributed by atoms with Gasteiger partial charge >= 0.3 is 0 Å². The van der Waals surface area contributed by atoms with Crippen LogP contribution in [0.3, 0.4) is 0 Å². The molecule has 0 saturated carbocycles. The van der Waals surface area contributed by atoms with Crippen LogP contribution < -0.4 is 5.32 Å². The van der Waals surface area contributed by atoms with E-state index in [1.54, 1.807) is 0 Å². The number of benzene rings is 2. The first-order chi connectivity index (χ1) is 13.0. The van der Waals surface area contributed by atoms with Gasteiger partial charge in [-0.3, -0.25) is 9.36 Å². The number of carbonyl (C=O) groups excluding carboxylic acids is 1. The van der Waals surface area contributed by atoms with Gasteiger partial charge in [0.25, 0.3) is 0 Å². The molecule has 1 aromatic heterocycles. The van der Waals surface area contributed by atoms with Gasteiger partial charge in [-0.1, -0.05) is 45.9 Å². The molecule has 0 aliphatic rings. The highest BCUT2D eigenvalue weighted by Crippen LogP contribution is 2.29. The van der Waals surface area contributed by atoms with E-state index in [9.17, 15) is 4.79 Å². The highest BCUT2D eigenvalue weighted by Gasteiger charge is 2.17. The lowest BCUT2D eigenvalue weighted by Gasteiger charge is -2.12. The summed E-state index contributed by atoms with van der Waals surface area (Å²) in [5.41, 5.74) is 4.30. The number of aryl methyl sites for hydroxylation is 2. The summed E-state index contributed by atoms with van der Waals surface area (Å²) in [6.45, 7) is 6.67. The number of hydrogen-bond donors (Lipinski definition) is 1. The minimum Gasteiger partial charge on any atom is -0.356 e. The molecule has 1 amide bonds. The molecule has 0 radical (unpaired) electrons. The maximum Gasteiger partial charge on any atom is 0.230 e. The van der Waals surface area contributed by atoms with E-state index in [0.29, 0.717) is 17.5 Å². The Morgan fingerprint density at radius 2 is 1.78 bits per heavy atom. The molecule has 1 heterocycles. The molecule has 27 heavy (non-hydrogen) atoms. The van der Waals surface area contributed by atoms with E-state index >= 15 is 0 Å². The predicted octanol–water partition coefficient (Wildman–Crippen LogP) is 4.54. The Morgan fingerprint density at radius 1 is 1.11 bits per heavy atom. The summed E-state index contributed by atoms with van der Waals surface area (Å²) in [4.78, 5) is 11.9. The summed E-state index contributed by atoms with van der Waals surface area (Å²) in [5, 5.41) is 12.3. The Balaban J connectivity index is 2.06. The van der Waals surface area contributed by atoms with Gasteiger partial charge in [0.05, 0.1) is 11.4 Å². The monoisotopic (exact) mass is 444 g/mol. The minimum atomic E-state index is -0.0114. The van der Waals surface area contributed by atoms with E-state index in [0.717, 1.165) is 21.5 Å². The van der Waals surface area contributed by atoms with Crippen LogP contribution in [0, 0.1) is 13.8 Å². The molecular formula is C20H21BrN4OS. The van der Waals surface area contributed by atoms with Crippen LogP contribution in [0.15, 0.2) is 52.1 Å². The van der Waals surface area contributed by atoms with Gasteiger partial charge in [-0.15, -0.1) is 10.2 Å². The van der Waals surface area contributed by atoms with Gasteiger partial charge < -0.3 is 5.32 Å². The molecular weight excluding hydrogens is 424 g/mol. The van der Waals surface area contributed by atoms with Crippen molar-refractivity contribution >= 4 is 33.6 Å². The van der Waals surface area contributed by atoms with Crippen LogP contribution >= 0.6 is 27.7 Å². The van der Waals surface area contributed by atoms with E-state index in [1.807, 2.05) is 35.8 Å². The van der Waals surface area contributed by atoms with Crippen LogP contribution in [-0.2, 0) is 4.79 Å². The Bertz CT molecular complexity index is 933. The predicted molar refractivity (Wildman–Crippen MR) is 113 cm³/mol. The van der Waals surface area contributed by atoms with E-state index in [2.05, 4.69) is 63.5 Å². The molecule has 3 aromatic rings. The molecule has 3 rings (SSSR count). The summed E-state index contributed by atoms with van der Waals surface area (Å²) in [5.74, 6) is 1.05. The molecule has 7 heteroatoms. The molecule has 0 aliphatic carbocycles. The summed E-state index contributed by atoms with van der Waals surface area (Å²) in [6, 6.07) is 14.3. The van der Waals surface area contributed by atoms with Crippen LogP contribution in [-0.4, -0.2) is 33.0 Å². The number of halogens is 1. The normalized spacial score (nSPS) is 10.8. The zero-order valence-electron chi connectivity index (χ0n) is 15.5. The van der Waals surface area contributed by atoms with E-state index in [4.69, 9.17) is 0 Å². The van der Waals surface area contributed by atoms with Crippen molar-refractivity contribution in [2.24, 2.45) is 0 Å². The molecule has 1 N–H and O–H groups in total. The minimum absolute atomic E-state index is 0.0114. The first kappa shape index (κ1) is 19.6. The number of nitrogens with one attached hydrogen (secondary N) is 1. The van der Waals surface area contributed by atoms with Crippen molar-refractivity contribution in [3.8, 4) is 17.1 Å². The second kappa shape index (κ2) is 8.71. The number of carbonyl (C=O) groups is 1. The van der Waals surface area contributed by atoms with Gasteiger partial charge in [-0.05, 0) is 56.2 Å². The van der Waals surface area contributed by atoms with Crippen LogP contribution in [0.5, 0.6) is 0 Å². The van der Waals surface area contributed by atoms with Crippen molar-refractivity contribution in [1.29, 1.82) is 0 Å². The molecule has 0 saturated heterocycles. The zero-order valence-corrected chi connectivity index (χ0v) is 17.9. The number of aromatic nitrogens is 3. The maximum atomic E-state index is 11.9. The molecule has 0 aliphatic heterocycles. The lowest BCUT2D eigenvalue weighted by molar-refractivity contribution is -0.118. The van der Waals surface area contributed by atoms with E-state index < -0.39 is 0 Å². The van der Waals surface area contributed by atoms with Gasteiger partial charge in [0, 0.05) is 16.6 Å². The van der Waals surface area contributed by atoms with Crippen LogP contribution in [0.25, 0.3) is 17.1 Å². The van der Waals surface area contributed by atoms with Gasteiger partial charge in [0.2, 0.25) is 5.91 Å². The topological polar surface area (TPSA) is 59.8 Å². The highest BCUT2D eigenvalue weighted by molar-refractivity contribution is 9.10. The number of rotatable bonds is 6. The first-order valence-corrected chi connectivity index (χ1v) is 10.5. The molecule has 0 unspecified atom stereocenters. The van der Waals surface area contributed by atoms with Crippen molar-refractivity contribution in [2.75, 3.05) is 12.3 Å². The third-order valence-electron chi connectivity index (χ3n) is 3.91. The second-order valence-corrected chi connectivity index (χ2v) is 8.09. The van der Waals surface area contributed by atoms with Crippen molar-refractivity contribution in [3.63, 3.8) is 0 Å². The lowest BCUT2D eigenvalue weighted by Crippen LogP contribution is -2.24. The fourth-order valence-electron chi connectivity index (χ4n) is 2.84. The number of thioether (sulfide) groups is 1. The van der Waals surface area contributed by atoms with Gasteiger partial charge in [-0.2, -0.15) is 0 Å². The summed E-state index contributed by atoms with van der Waals surface area (Å²) < 4.78 is 3.03. The Hall–Kier alpha value is -2.12. The Kier molecular flexibility index (Phi) is 6.34. The maximum absolute atomic E-state index is 11.9. The van der Waals surface area contributed by atoms with E-state index in [-0.39, 0.29) is 5.91 Å². The molecule has 140 valence electrons. The van der Waals surface area contributed by atoms with Crippen LogP contribution in [0.2, 0.25) is 0 Å². The molecule has 2 aromatic carbocycles. The lowest BCUT2D eigenvalue weighted by atomic mass is 10.1. The molecule has 0 spiro atoms. The molecule has 0 bridgehead atoms. The number of hydrogen-bond acceptors (Lipinski definition) is 4. The summed E-state index contributed by atoms with van der Waals surface area (Å²) in [7, 11) is 0. The second-order valence-electron chi connectivity index (χ2n) is 6.24. The van der Waals surface area contributed by atoms with Gasteiger partial charge in [0.15, 0.2) is 11.0 Å². The van der Waals surface area contributed by atoms with Crippen molar-refractivity contribution in [2.45, 2.75) is 25.9 Å². The smallest absolute Gasteiger partial charge is 0.230 e. The van der Waals surface area contributed by atoms with Gasteiger partial charge in [-0.25, -0.2) is 0 Å².